The lowest BCUT2D eigenvalue weighted by atomic mass is 10.2. The van der Waals surface area contributed by atoms with Crippen LogP contribution in [0.2, 0.25) is 0 Å². The number of carbonyl (C=O) groups excluding carboxylic acids is 2. The third-order valence-corrected chi connectivity index (χ3v) is 6.52. The normalized spacial score (nSPS) is 17.3. The van der Waals surface area contributed by atoms with Crippen molar-refractivity contribution in [3.05, 3.63) is 59.0 Å². The topological polar surface area (TPSA) is 59.1 Å². The summed E-state index contributed by atoms with van der Waals surface area (Å²) < 4.78 is 11.7. The second kappa shape index (κ2) is 10.2. The summed E-state index contributed by atoms with van der Waals surface area (Å²) in [6.45, 7) is 4.06. The van der Waals surface area contributed by atoms with Crippen LogP contribution in [0.1, 0.15) is 25.3 Å². The molecule has 2 saturated heterocycles. The van der Waals surface area contributed by atoms with E-state index in [1.165, 1.54) is 16.7 Å². The summed E-state index contributed by atoms with van der Waals surface area (Å²) in [5, 5.41) is 0. The van der Waals surface area contributed by atoms with Crippen LogP contribution in [0.15, 0.2) is 53.4 Å². The molecule has 0 atom stereocenters. The molecule has 0 bridgehead atoms. The zero-order chi connectivity index (χ0) is 22.5. The van der Waals surface area contributed by atoms with Crippen LogP contribution in [-0.2, 0) is 9.59 Å². The molecule has 2 aliphatic heterocycles. The number of nitrogens with zero attached hydrogens (tertiary/aromatic N) is 2. The van der Waals surface area contributed by atoms with Gasteiger partial charge in [0.25, 0.3) is 11.8 Å². The van der Waals surface area contributed by atoms with Gasteiger partial charge in [0, 0.05) is 18.7 Å². The Morgan fingerprint density at radius 3 is 2.53 bits per heavy atom. The third-order valence-electron chi connectivity index (χ3n) is 5.22. The Kier molecular flexibility index (Phi) is 7.12. The lowest BCUT2D eigenvalue weighted by Crippen LogP contribution is -2.32. The van der Waals surface area contributed by atoms with Gasteiger partial charge < -0.3 is 14.4 Å². The molecule has 32 heavy (non-hydrogen) atoms. The lowest BCUT2D eigenvalue weighted by molar-refractivity contribution is -0.132. The number of thiocarbonyl (C=S) groups is 1. The number of thioether (sulfide) groups is 1. The molecule has 0 N–H and O–H groups in total. The summed E-state index contributed by atoms with van der Waals surface area (Å²) in [7, 11) is 0. The van der Waals surface area contributed by atoms with Crippen molar-refractivity contribution in [1.29, 1.82) is 0 Å². The van der Waals surface area contributed by atoms with Crippen LogP contribution in [-0.4, -0.2) is 47.3 Å². The van der Waals surface area contributed by atoms with E-state index in [0.29, 0.717) is 27.3 Å². The van der Waals surface area contributed by atoms with Crippen LogP contribution < -0.4 is 14.4 Å². The molecule has 4 rings (SSSR count). The quantitative estimate of drug-likeness (QED) is 0.441. The molecule has 0 aliphatic carbocycles. The second-order valence-electron chi connectivity index (χ2n) is 7.36. The van der Waals surface area contributed by atoms with Gasteiger partial charge in [-0.2, -0.15) is 0 Å². The van der Waals surface area contributed by atoms with Crippen molar-refractivity contribution in [3.63, 3.8) is 0 Å². The van der Waals surface area contributed by atoms with Crippen molar-refractivity contribution in [2.45, 2.75) is 19.8 Å². The van der Waals surface area contributed by atoms with Gasteiger partial charge in [-0.15, -0.1) is 0 Å². The van der Waals surface area contributed by atoms with E-state index in [2.05, 4.69) is 0 Å². The van der Waals surface area contributed by atoms with Gasteiger partial charge in [0.15, 0.2) is 10.9 Å². The molecular weight excluding hydrogens is 444 g/mol. The van der Waals surface area contributed by atoms with Crippen molar-refractivity contribution in [2.75, 3.05) is 31.2 Å². The molecule has 2 fully saturated rings. The molecule has 0 spiro atoms. The fraction of sp³-hybridized carbons (Fsp3) is 0.292. The number of rotatable bonds is 7. The highest BCUT2D eigenvalue weighted by atomic mass is 32.2. The molecule has 0 saturated carbocycles. The van der Waals surface area contributed by atoms with E-state index in [1.54, 1.807) is 12.1 Å². The minimum absolute atomic E-state index is 0.0147. The maximum Gasteiger partial charge on any atom is 0.270 e. The molecular formula is C24H24N2O4S2. The Labute approximate surface area is 197 Å². The summed E-state index contributed by atoms with van der Waals surface area (Å²) in [6.07, 6.45) is 3.85. The first-order valence-electron chi connectivity index (χ1n) is 10.6. The summed E-state index contributed by atoms with van der Waals surface area (Å²) in [4.78, 5) is 29.3. The van der Waals surface area contributed by atoms with Gasteiger partial charge in [0.1, 0.15) is 11.5 Å². The first-order chi connectivity index (χ1) is 15.6. The average molecular weight is 469 g/mol. The largest absolute Gasteiger partial charge is 0.494 e. The predicted molar refractivity (Wildman–Crippen MR) is 131 cm³/mol. The Morgan fingerprint density at radius 1 is 1.09 bits per heavy atom. The van der Waals surface area contributed by atoms with E-state index < -0.39 is 0 Å². The number of carbonyl (C=O) groups is 2. The number of likely N-dealkylation sites (tertiary alicyclic amines) is 1. The van der Waals surface area contributed by atoms with Gasteiger partial charge >= 0.3 is 0 Å². The van der Waals surface area contributed by atoms with Crippen LogP contribution >= 0.6 is 24.0 Å². The molecule has 2 aromatic carbocycles. The van der Waals surface area contributed by atoms with Crippen LogP contribution in [0, 0.1) is 0 Å². The minimum Gasteiger partial charge on any atom is -0.494 e. The van der Waals surface area contributed by atoms with Gasteiger partial charge in [0.05, 0.1) is 17.2 Å². The molecule has 2 heterocycles. The third kappa shape index (κ3) is 4.97. The number of hydrogen-bond acceptors (Lipinski definition) is 6. The van der Waals surface area contributed by atoms with Crippen LogP contribution in [0.4, 0.5) is 5.69 Å². The monoisotopic (exact) mass is 468 g/mol. The van der Waals surface area contributed by atoms with Gasteiger partial charge in [-0.25, -0.2) is 0 Å². The van der Waals surface area contributed by atoms with E-state index in [9.17, 15) is 9.59 Å². The Bertz CT molecular complexity index is 1050. The highest BCUT2D eigenvalue weighted by Gasteiger charge is 2.33. The smallest absolute Gasteiger partial charge is 0.270 e. The number of amides is 2. The molecule has 0 aromatic heterocycles. The molecule has 8 heteroatoms. The van der Waals surface area contributed by atoms with Gasteiger partial charge in [-0.05, 0) is 56.2 Å². The maximum absolute atomic E-state index is 13.1. The Hall–Kier alpha value is -2.84. The van der Waals surface area contributed by atoms with Gasteiger partial charge in [0.2, 0.25) is 0 Å². The molecule has 2 aliphatic rings. The van der Waals surface area contributed by atoms with Crippen LogP contribution in [0.5, 0.6) is 11.5 Å². The number of hydrogen-bond donors (Lipinski definition) is 0. The van der Waals surface area contributed by atoms with Gasteiger partial charge in [-0.3, -0.25) is 14.5 Å². The Balaban J connectivity index is 1.49. The molecule has 6 nitrogen and oxygen atoms in total. The number of benzene rings is 2. The molecule has 166 valence electrons. The molecule has 0 radical (unpaired) electrons. The number of ether oxygens (including phenoxy) is 2. The predicted octanol–water partition coefficient (Wildman–Crippen LogP) is 4.49. The van der Waals surface area contributed by atoms with E-state index in [-0.39, 0.29) is 18.4 Å². The zero-order valence-corrected chi connectivity index (χ0v) is 19.4. The van der Waals surface area contributed by atoms with E-state index >= 15 is 0 Å². The second-order valence-corrected chi connectivity index (χ2v) is 9.03. The molecule has 0 unspecified atom stereocenters. The summed E-state index contributed by atoms with van der Waals surface area (Å²) in [5.41, 5.74) is 1.43. The highest BCUT2D eigenvalue weighted by molar-refractivity contribution is 8.27. The summed E-state index contributed by atoms with van der Waals surface area (Å²) >= 11 is 6.72. The highest BCUT2D eigenvalue weighted by Crippen LogP contribution is 2.37. The Morgan fingerprint density at radius 2 is 1.81 bits per heavy atom. The summed E-state index contributed by atoms with van der Waals surface area (Å²) in [6, 6.07) is 14.7. The van der Waals surface area contributed by atoms with Crippen molar-refractivity contribution in [3.8, 4) is 11.5 Å². The van der Waals surface area contributed by atoms with Crippen molar-refractivity contribution >= 4 is 51.9 Å². The lowest BCUT2D eigenvalue weighted by Gasteiger charge is -2.16. The standard InChI is InChI=1S/C24H24N2O4S2/c1-2-29-19-11-9-18(10-12-19)26-23(28)21(32-24(26)31)15-17-7-3-4-8-20(17)30-16-22(27)25-13-5-6-14-25/h3-4,7-12,15H,2,5-6,13-14,16H2,1H3/b21-15-. The first kappa shape index (κ1) is 22.4. The number of para-hydroxylation sites is 1. The van der Waals surface area contributed by atoms with E-state index in [1.807, 2.05) is 54.3 Å². The van der Waals surface area contributed by atoms with Crippen molar-refractivity contribution < 1.29 is 19.1 Å². The van der Waals surface area contributed by atoms with Crippen molar-refractivity contribution in [2.24, 2.45) is 0 Å². The number of anilines is 1. The minimum atomic E-state index is -0.188. The van der Waals surface area contributed by atoms with Crippen LogP contribution in [0.25, 0.3) is 6.08 Å². The van der Waals surface area contributed by atoms with E-state index in [4.69, 9.17) is 21.7 Å². The van der Waals surface area contributed by atoms with E-state index in [0.717, 1.165) is 37.2 Å². The fourth-order valence-corrected chi connectivity index (χ4v) is 4.91. The SMILES string of the molecule is CCOc1ccc(N2C(=O)/C(=C/c3ccccc3OCC(=O)N3CCCC3)SC2=S)cc1. The average Bonchev–Trinajstić information content (AvgIpc) is 3.43. The maximum atomic E-state index is 13.1. The fourth-order valence-electron chi connectivity index (χ4n) is 3.62. The zero-order valence-electron chi connectivity index (χ0n) is 17.8. The van der Waals surface area contributed by atoms with Gasteiger partial charge in [-0.1, -0.05) is 42.2 Å². The molecule has 2 aromatic rings. The van der Waals surface area contributed by atoms with Crippen LogP contribution in [0.3, 0.4) is 0 Å². The molecule has 2 amide bonds. The summed E-state index contributed by atoms with van der Waals surface area (Å²) in [5.74, 6) is 1.10. The van der Waals surface area contributed by atoms with Crippen molar-refractivity contribution in [1.82, 2.24) is 4.90 Å². The first-order valence-corrected chi connectivity index (χ1v) is 11.8.